The molecule has 1 aliphatic rings. The van der Waals surface area contributed by atoms with Crippen molar-refractivity contribution in [3.63, 3.8) is 0 Å². The molecule has 0 amide bonds. The first-order chi connectivity index (χ1) is 5.57. The van der Waals surface area contributed by atoms with E-state index in [2.05, 4.69) is 13.8 Å². The van der Waals surface area contributed by atoms with Gasteiger partial charge in [-0.3, -0.25) is 0 Å². The van der Waals surface area contributed by atoms with Crippen molar-refractivity contribution >= 4 is 7.85 Å². The number of aliphatic hydroxyl groups excluding tert-OH is 1. The minimum absolute atomic E-state index is 0.120. The molecule has 1 nitrogen and oxygen atoms in total. The molecule has 1 N–H and O–H groups in total. The molecule has 0 heterocycles. The zero-order chi connectivity index (χ0) is 9.35. The Hall–Kier alpha value is -0.395. The summed E-state index contributed by atoms with van der Waals surface area (Å²) >= 11 is 0. The van der Waals surface area contributed by atoms with Crippen molar-refractivity contribution < 1.29 is 5.11 Å². The highest BCUT2D eigenvalue weighted by atomic mass is 16.3. The van der Waals surface area contributed by atoms with Crippen LogP contribution in [0.5, 0.6) is 0 Å². The lowest BCUT2D eigenvalue weighted by Gasteiger charge is -2.28. The maximum atomic E-state index is 9.62. The molecule has 0 aliphatic heterocycles. The van der Waals surface area contributed by atoms with E-state index in [1.165, 1.54) is 0 Å². The largest absolute Gasteiger partial charge is 0.513 e. The highest BCUT2D eigenvalue weighted by Crippen LogP contribution is 2.50. The molecule has 0 aromatic rings. The van der Waals surface area contributed by atoms with Crippen LogP contribution in [0.1, 0.15) is 40.0 Å². The summed E-state index contributed by atoms with van der Waals surface area (Å²) in [5, 5.41) is 9.62. The fourth-order valence-corrected chi connectivity index (χ4v) is 2.29. The minimum Gasteiger partial charge on any atom is -0.513 e. The van der Waals surface area contributed by atoms with Crippen LogP contribution in [0, 0.1) is 5.41 Å². The topological polar surface area (TPSA) is 20.2 Å². The van der Waals surface area contributed by atoms with Gasteiger partial charge in [0.15, 0.2) is 0 Å². The predicted molar refractivity (Wildman–Crippen MR) is 52.5 cm³/mol. The van der Waals surface area contributed by atoms with Gasteiger partial charge in [0.25, 0.3) is 0 Å². The van der Waals surface area contributed by atoms with Gasteiger partial charge in [-0.05, 0) is 43.0 Å². The van der Waals surface area contributed by atoms with E-state index in [1.807, 2.05) is 6.92 Å². The van der Waals surface area contributed by atoms with E-state index < -0.39 is 0 Å². The van der Waals surface area contributed by atoms with E-state index in [4.69, 9.17) is 7.85 Å². The molecule has 0 aromatic carbocycles. The Morgan fingerprint density at radius 2 is 2.00 bits per heavy atom. The number of aliphatic hydroxyl groups is 1. The third-order valence-electron chi connectivity index (χ3n) is 3.50. The smallest absolute Gasteiger partial charge is 0.0862 e. The molecule has 0 saturated heterocycles. The molecular formula is C10H17BO. The van der Waals surface area contributed by atoms with Crippen LogP contribution in [-0.2, 0) is 0 Å². The van der Waals surface area contributed by atoms with Crippen LogP contribution >= 0.6 is 0 Å². The summed E-state index contributed by atoms with van der Waals surface area (Å²) in [5.74, 6) is 0.309. The van der Waals surface area contributed by atoms with Gasteiger partial charge >= 0.3 is 0 Å². The maximum absolute atomic E-state index is 9.62. The van der Waals surface area contributed by atoms with Gasteiger partial charge in [0.2, 0.25) is 0 Å². The number of rotatable bonds is 2. The molecule has 0 bridgehead atoms. The first kappa shape index (κ1) is 9.69. The van der Waals surface area contributed by atoms with Crippen LogP contribution in [0.3, 0.4) is 0 Å². The normalized spacial score (nSPS) is 28.1. The second-order valence-corrected chi connectivity index (χ2v) is 3.81. The van der Waals surface area contributed by atoms with Gasteiger partial charge in [-0.1, -0.05) is 13.8 Å². The third kappa shape index (κ3) is 1.17. The van der Waals surface area contributed by atoms with E-state index in [0.29, 0.717) is 5.76 Å². The van der Waals surface area contributed by atoms with Gasteiger partial charge in [-0.2, -0.15) is 0 Å². The van der Waals surface area contributed by atoms with Gasteiger partial charge in [0.1, 0.15) is 0 Å². The van der Waals surface area contributed by atoms with Gasteiger partial charge in [0, 0.05) is 0 Å². The molecule has 12 heavy (non-hydrogen) atoms. The SMILES string of the molecule is [B]C1CC(CC)(CC)C(C)=C1O. The maximum Gasteiger partial charge on any atom is 0.0862 e. The fraction of sp³-hybridized carbons (Fsp3) is 0.800. The number of hydrogen-bond acceptors (Lipinski definition) is 1. The van der Waals surface area contributed by atoms with Gasteiger partial charge < -0.3 is 5.11 Å². The molecule has 0 saturated carbocycles. The van der Waals surface area contributed by atoms with Crippen molar-refractivity contribution in [2.75, 3.05) is 0 Å². The van der Waals surface area contributed by atoms with Crippen molar-refractivity contribution in [2.45, 2.75) is 45.9 Å². The highest BCUT2D eigenvalue weighted by Gasteiger charge is 2.38. The summed E-state index contributed by atoms with van der Waals surface area (Å²) in [6.07, 6.45) is 3.07. The molecule has 1 atom stereocenters. The first-order valence-electron chi connectivity index (χ1n) is 4.73. The second-order valence-electron chi connectivity index (χ2n) is 3.81. The Labute approximate surface area is 76.3 Å². The summed E-state index contributed by atoms with van der Waals surface area (Å²) in [6.45, 7) is 6.34. The lowest BCUT2D eigenvalue weighted by atomic mass is 9.73. The van der Waals surface area contributed by atoms with Crippen molar-refractivity contribution in [3.8, 4) is 0 Å². The summed E-state index contributed by atoms with van der Waals surface area (Å²) in [6, 6.07) is 0. The van der Waals surface area contributed by atoms with Gasteiger partial charge in [0.05, 0.1) is 13.6 Å². The van der Waals surface area contributed by atoms with E-state index in [-0.39, 0.29) is 11.2 Å². The zero-order valence-electron chi connectivity index (χ0n) is 8.22. The molecule has 0 aromatic heterocycles. The van der Waals surface area contributed by atoms with E-state index in [1.54, 1.807) is 0 Å². The van der Waals surface area contributed by atoms with Crippen LogP contribution in [0.25, 0.3) is 0 Å². The Morgan fingerprint density at radius 1 is 1.50 bits per heavy atom. The molecule has 0 fully saturated rings. The Morgan fingerprint density at radius 3 is 2.17 bits per heavy atom. The van der Waals surface area contributed by atoms with E-state index in [9.17, 15) is 5.11 Å². The van der Waals surface area contributed by atoms with Gasteiger partial charge in [-0.15, -0.1) is 0 Å². The Balaban J connectivity index is 2.97. The fourth-order valence-electron chi connectivity index (χ4n) is 2.29. The molecule has 0 spiro atoms. The predicted octanol–water partition coefficient (Wildman–Crippen LogP) is 2.99. The second kappa shape index (κ2) is 3.16. The molecule has 1 aliphatic carbocycles. The molecular weight excluding hydrogens is 147 g/mol. The Bertz CT molecular complexity index is 204. The molecule has 2 heteroatoms. The first-order valence-corrected chi connectivity index (χ1v) is 4.73. The van der Waals surface area contributed by atoms with Crippen LogP contribution in [0.15, 0.2) is 11.3 Å². The van der Waals surface area contributed by atoms with E-state index in [0.717, 1.165) is 24.8 Å². The summed E-state index contributed by atoms with van der Waals surface area (Å²) in [4.78, 5) is 0. The zero-order valence-corrected chi connectivity index (χ0v) is 8.22. The summed E-state index contributed by atoms with van der Waals surface area (Å²) < 4.78 is 0. The van der Waals surface area contributed by atoms with Crippen LogP contribution < -0.4 is 0 Å². The van der Waals surface area contributed by atoms with Crippen LogP contribution in [-0.4, -0.2) is 13.0 Å². The van der Waals surface area contributed by atoms with Crippen LogP contribution in [0.2, 0.25) is 5.82 Å². The van der Waals surface area contributed by atoms with E-state index >= 15 is 0 Å². The van der Waals surface area contributed by atoms with Gasteiger partial charge in [-0.25, -0.2) is 0 Å². The molecule has 1 rings (SSSR count). The average Bonchev–Trinajstić information content (AvgIpc) is 2.30. The number of hydrogen-bond donors (Lipinski definition) is 1. The summed E-state index contributed by atoms with van der Waals surface area (Å²) in [5.41, 5.74) is 1.30. The highest BCUT2D eigenvalue weighted by molar-refractivity contribution is 6.13. The van der Waals surface area contributed by atoms with Crippen molar-refractivity contribution in [2.24, 2.45) is 5.41 Å². The average molecular weight is 164 g/mol. The lowest BCUT2D eigenvalue weighted by Crippen LogP contribution is -2.17. The van der Waals surface area contributed by atoms with Crippen molar-refractivity contribution in [3.05, 3.63) is 11.3 Å². The summed E-state index contributed by atoms with van der Waals surface area (Å²) in [7, 11) is 5.79. The monoisotopic (exact) mass is 164 g/mol. The molecule has 1 unspecified atom stereocenters. The molecule has 66 valence electrons. The van der Waals surface area contributed by atoms with Crippen molar-refractivity contribution in [1.82, 2.24) is 0 Å². The lowest BCUT2D eigenvalue weighted by molar-refractivity contribution is 0.325. The standard InChI is InChI=1S/C10H17BO/c1-4-10(5-2)6-8(11)9(12)7(10)3/h8,12H,4-6H2,1-3H3. The van der Waals surface area contributed by atoms with Crippen LogP contribution in [0.4, 0.5) is 0 Å². The third-order valence-corrected chi connectivity index (χ3v) is 3.50. The van der Waals surface area contributed by atoms with Crippen molar-refractivity contribution in [1.29, 1.82) is 0 Å². The quantitative estimate of drug-likeness (QED) is 0.622. The molecule has 2 radical (unpaired) electrons. The Kier molecular flexibility index (Phi) is 2.55. The number of allylic oxidation sites excluding steroid dienone is 2. The minimum atomic E-state index is -0.120.